The minimum atomic E-state index is -0.394. The normalized spacial score (nSPS) is 10.6. The number of nitrogens with zero attached hydrogens (tertiary/aromatic N) is 3. The molecule has 0 aliphatic heterocycles. The molecule has 0 spiro atoms. The predicted molar refractivity (Wildman–Crippen MR) is 133 cm³/mol. The molecule has 0 saturated heterocycles. The molecule has 4 aromatic rings. The maximum atomic E-state index is 12.4. The molecule has 0 saturated carbocycles. The van der Waals surface area contributed by atoms with Crippen LogP contribution in [-0.4, -0.2) is 32.4 Å². The molecule has 172 valence electrons. The van der Waals surface area contributed by atoms with E-state index in [-0.39, 0.29) is 11.7 Å². The highest BCUT2D eigenvalue weighted by atomic mass is 32.2. The summed E-state index contributed by atoms with van der Waals surface area (Å²) in [5, 5.41) is 12.1. The number of hydrogen-bond acceptors (Lipinski definition) is 6. The number of carbonyl (C=O) groups is 2. The average molecular weight is 473 g/mol. The number of hydrogen-bond donors (Lipinski definition) is 1. The molecule has 34 heavy (non-hydrogen) atoms. The van der Waals surface area contributed by atoms with Gasteiger partial charge in [-0.1, -0.05) is 54.2 Å². The molecular formula is C26H24N4O3S. The molecule has 0 bridgehead atoms. The summed E-state index contributed by atoms with van der Waals surface area (Å²) in [5.74, 6) is 0.685. The van der Waals surface area contributed by atoms with Gasteiger partial charge in [0.25, 0.3) is 5.91 Å². The molecule has 3 aromatic carbocycles. The molecule has 1 heterocycles. The van der Waals surface area contributed by atoms with Crippen molar-refractivity contribution in [2.75, 3.05) is 11.1 Å². The van der Waals surface area contributed by atoms with E-state index in [2.05, 4.69) is 15.5 Å². The molecule has 1 aromatic heterocycles. The fourth-order valence-corrected chi connectivity index (χ4v) is 4.16. The molecule has 0 atom stereocenters. The Labute approximate surface area is 202 Å². The predicted octanol–water partition coefficient (Wildman–Crippen LogP) is 5.22. The van der Waals surface area contributed by atoms with E-state index in [1.807, 2.05) is 60.9 Å². The van der Waals surface area contributed by atoms with E-state index in [0.29, 0.717) is 28.7 Å². The van der Waals surface area contributed by atoms with Crippen molar-refractivity contribution in [2.24, 2.45) is 0 Å². The highest BCUT2D eigenvalue weighted by Crippen LogP contribution is 2.26. The fourth-order valence-electron chi connectivity index (χ4n) is 3.39. The number of ether oxygens (including phenoxy) is 1. The zero-order chi connectivity index (χ0) is 23.9. The standard InChI is InChI=1S/C26H24N4O3S/c1-3-30-24(22-12-8-7-9-18(22)2)28-29-26(30)34-17-23(31)33-21-15-13-20(14-16-21)27-25(32)19-10-5-4-6-11-19/h4-16H,3,17H2,1-2H3,(H,27,32). The third kappa shape index (κ3) is 5.52. The van der Waals surface area contributed by atoms with Crippen LogP contribution in [0.1, 0.15) is 22.8 Å². The minimum Gasteiger partial charge on any atom is -0.426 e. The lowest BCUT2D eigenvalue weighted by atomic mass is 10.1. The Morgan fingerprint density at radius 2 is 1.65 bits per heavy atom. The van der Waals surface area contributed by atoms with Crippen LogP contribution in [0.3, 0.4) is 0 Å². The summed E-state index contributed by atoms with van der Waals surface area (Å²) in [6, 6.07) is 23.6. The van der Waals surface area contributed by atoms with Crippen molar-refractivity contribution in [3.8, 4) is 17.1 Å². The number of amides is 1. The Morgan fingerprint density at radius 3 is 2.35 bits per heavy atom. The van der Waals surface area contributed by atoms with Crippen LogP contribution < -0.4 is 10.1 Å². The van der Waals surface area contributed by atoms with Gasteiger partial charge < -0.3 is 14.6 Å². The third-order valence-corrected chi connectivity index (χ3v) is 6.06. The van der Waals surface area contributed by atoms with Crippen LogP contribution in [0.4, 0.5) is 5.69 Å². The molecule has 1 amide bonds. The highest BCUT2D eigenvalue weighted by Gasteiger charge is 2.16. The van der Waals surface area contributed by atoms with E-state index < -0.39 is 5.97 Å². The second-order valence-electron chi connectivity index (χ2n) is 7.47. The first kappa shape index (κ1) is 23.3. The quantitative estimate of drug-likeness (QED) is 0.215. The van der Waals surface area contributed by atoms with Gasteiger partial charge in [-0.2, -0.15) is 0 Å². The number of anilines is 1. The number of esters is 1. The molecular weight excluding hydrogens is 448 g/mol. The number of aryl methyl sites for hydroxylation is 1. The smallest absolute Gasteiger partial charge is 0.321 e. The van der Waals surface area contributed by atoms with E-state index in [4.69, 9.17) is 4.74 Å². The summed E-state index contributed by atoms with van der Waals surface area (Å²) in [5.41, 5.74) is 3.32. The number of aromatic nitrogens is 3. The zero-order valence-corrected chi connectivity index (χ0v) is 19.7. The number of nitrogens with one attached hydrogen (secondary N) is 1. The number of thioether (sulfide) groups is 1. The van der Waals surface area contributed by atoms with Crippen molar-refractivity contribution in [3.05, 3.63) is 90.0 Å². The van der Waals surface area contributed by atoms with Gasteiger partial charge in [0.2, 0.25) is 0 Å². The van der Waals surface area contributed by atoms with Crippen molar-refractivity contribution >= 4 is 29.3 Å². The first-order valence-electron chi connectivity index (χ1n) is 10.8. The van der Waals surface area contributed by atoms with Gasteiger partial charge in [0, 0.05) is 23.4 Å². The van der Waals surface area contributed by atoms with Crippen LogP contribution in [0.15, 0.2) is 84.0 Å². The van der Waals surface area contributed by atoms with Crippen LogP contribution in [0, 0.1) is 6.92 Å². The molecule has 0 fully saturated rings. The average Bonchev–Trinajstić information content (AvgIpc) is 3.27. The summed E-state index contributed by atoms with van der Waals surface area (Å²) in [6.07, 6.45) is 0. The third-order valence-electron chi connectivity index (χ3n) is 5.12. The Balaban J connectivity index is 1.34. The lowest BCUT2D eigenvalue weighted by Gasteiger charge is -2.09. The molecule has 1 N–H and O–H groups in total. The second-order valence-corrected chi connectivity index (χ2v) is 8.42. The van der Waals surface area contributed by atoms with Gasteiger partial charge in [-0.15, -0.1) is 10.2 Å². The van der Waals surface area contributed by atoms with E-state index in [9.17, 15) is 9.59 Å². The molecule has 0 aliphatic rings. The van der Waals surface area contributed by atoms with Crippen LogP contribution >= 0.6 is 11.8 Å². The zero-order valence-electron chi connectivity index (χ0n) is 18.9. The van der Waals surface area contributed by atoms with Crippen molar-refractivity contribution in [3.63, 3.8) is 0 Å². The van der Waals surface area contributed by atoms with Gasteiger partial charge in [-0.25, -0.2) is 0 Å². The Morgan fingerprint density at radius 1 is 0.941 bits per heavy atom. The van der Waals surface area contributed by atoms with E-state index in [1.165, 1.54) is 11.8 Å². The fraction of sp³-hybridized carbons (Fsp3) is 0.154. The maximum Gasteiger partial charge on any atom is 0.321 e. The molecule has 7 nitrogen and oxygen atoms in total. The summed E-state index contributed by atoms with van der Waals surface area (Å²) in [4.78, 5) is 24.6. The van der Waals surface area contributed by atoms with Gasteiger partial charge in [0.05, 0.1) is 5.75 Å². The van der Waals surface area contributed by atoms with Gasteiger partial charge in [0.1, 0.15) is 5.75 Å². The molecule has 0 unspecified atom stereocenters. The lowest BCUT2D eigenvalue weighted by molar-refractivity contribution is -0.131. The van der Waals surface area contributed by atoms with Crippen LogP contribution in [0.5, 0.6) is 5.75 Å². The number of benzene rings is 3. The summed E-state index contributed by atoms with van der Waals surface area (Å²) in [6.45, 7) is 4.74. The van der Waals surface area contributed by atoms with E-state index in [1.54, 1.807) is 36.4 Å². The summed E-state index contributed by atoms with van der Waals surface area (Å²) in [7, 11) is 0. The van der Waals surface area contributed by atoms with Gasteiger partial charge >= 0.3 is 5.97 Å². The monoisotopic (exact) mass is 472 g/mol. The largest absolute Gasteiger partial charge is 0.426 e. The van der Waals surface area contributed by atoms with Gasteiger partial charge in [-0.3, -0.25) is 9.59 Å². The summed E-state index contributed by atoms with van der Waals surface area (Å²) >= 11 is 1.29. The van der Waals surface area contributed by atoms with Crippen LogP contribution in [0.25, 0.3) is 11.4 Å². The van der Waals surface area contributed by atoms with E-state index >= 15 is 0 Å². The maximum absolute atomic E-state index is 12.4. The molecule has 4 rings (SSSR count). The van der Waals surface area contributed by atoms with Crippen molar-refractivity contribution < 1.29 is 14.3 Å². The Bertz CT molecular complexity index is 1290. The SMILES string of the molecule is CCn1c(SCC(=O)Oc2ccc(NC(=O)c3ccccc3)cc2)nnc1-c1ccccc1C. The van der Waals surface area contributed by atoms with Gasteiger partial charge in [-0.05, 0) is 55.8 Å². The Kier molecular flexibility index (Phi) is 7.39. The second kappa shape index (κ2) is 10.8. The molecule has 0 radical (unpaired) electrons. The van der Waals surface area contributed by atoms with Crippen molar-refractivity contribution in [1.29, 1.82) is 0 Å². The summed E-state index contributed by atoms with van der Waals surface area (Å²) < 4.78 is 7.43. The first-order chi connectivity index (χ1) is 16.5. The molecule has 0 aliphatic carbocycles. The molecule has 8 heteroatoms. The number of rotatable bonds is 8. The van der Waals surface area contributed by atoms with Crippen molar-refractivity contribution in [2.45, 2.75) is 25.5 Å². The van der Waals surface area contributed by atoms with Gasteiger partial charge in [0.15, 0.2) is 11.0 Å². The number of carbonyl (C=O) groups excluding carboxylic acids is 2. The van der Waals surface area contributed by atoms with Crippen molar-refractivity contribution in [1.82, 2.24) is 14.8 Å². The Hall–Kier alpha value is -3.91. The topological polar surface area (TPSA) is 86.1 Å². The highest BCUT2D eigenvalue weighted by molar-refractivity contribution is 7.99. The van der Waals surface area contributed by atoms with Crippen LogP contribution in [-0.2, 0) is 11.3 Å². The van der Waals surface area contributed by atoms with Crippen LogP contribution in [0.2, 0.25) is 0 Å². The first-order valence-corrected chi connectivity index (χ1v) is 11.8. The minimum absolute atomic E-state index is 0.0956. The van der Waals surface area contributed by atoms with E-state index in [0.717, 1.165) is 17.0 Å². The lowest BCUT2D eigenvalue weighted by Crippen LogP contribution is -2.13.